The molecule has 0 unspecified atom stereocenters. The predicted octanol–water partition coefficient (Wildman–Crippen LogP) is 2.72. The summed E-state index contributed by atoms with van der Waals surface area (Å²) in [5.74, 6) is 0.853. The molecule has 0 bridgehead atoms. The molecule has 0 nitrogen and oxygen atoms in total. The Hall–Kier alpha value is -0.715. The molecule has 1 saturated carbocycles. The lowest BCUT2D eigenvalue weighted by Crippen LogP contribution is -2.09. The smallest absolute Gasteiger partial charge is 0.0881 e. The summed E-state index contributed by atoms with van der Waals surface area (Å²) < 4.78 is 0. The van der Waals surface area contributed by atoms with Gasteiger partial charge in [-0.05, 0) is 24.3 Å². The first-order valence-corrected chi connectivity index (χ1v) is 5.29. The maximum atomic E-state index is 2.30. The molecule has 0 aromatic heterocycles. The molecule has 1 fully saturated rings. The van der Waals surface area contributed by atoms with Crippen molar-refractivity contribution < 1.29 is 0 Å². The van der Waals surface area contributed by atoms with Crippen LogP contribution < -0.4 is 5.46 Å². The highest BCUT2D eigenvalue weighted by Crippen LogP contribution is 2.33. The van der Waals surface area contributed by atoms with Crippen LogP contribution in [0.25, 0.3) is 0 Å². The third-order valence-corrected chi connectivity index (χ3v) is 3.10. The van der Waals surface area contributed by atoms with Gasteiger partial charge in [0.1, 0.15) is 7.28 Å². The highest BCUT2D eigenvalue weighted by atomic mass is 14.2. The van der Waals surface area contributed by atoms with E-state index in [9.17, 15) is 0 Å². The molecular weight excluding hydrogens is 155 g/mol. The van der Waals surface area contributed by atoms with Crippen molar-refractivity contribution >= 4 is 12.7 Å². The van der Waals surface area contributed by atoms with Gasteiger partial charge in [-0.2, -0.15) is 0 Å². The summed E-state index contributed by atoms with van der Waals surface area (Å²) in [6.07, 6.45) is 5.64. The molecule has 1 heteroatoms. The maximum absolute atomic E-state index is 2.30. The molecule has 13 heavy (non-hydrogen) atoms. The van der Waals surface area contributed by atoms with E-state index in [4.69, 9.17) is 0 Å². The predicted molar refractivity (Wildman–Crippen MR) is 58.9 cm³/mol. The highest BCUT2D eigenvalue weighted by Gasteiger charge is 2.16. The Bertz CT molecular complexity index is 257. The minimum Gasteiger partial charge on any atom is -0.0881 e. The summed E-state index contributed by atoms with van der Waals surface area (Å²) in [6.45, 7) is 2.09. The molecule has 1 aromatic rings. The second-order valence-electron chi connectivity index (χ2n) is 3.94. The lowest BCUT2D eigenvalue weighted by atomic mass is 9.73. The van der Waals surface area contributed by atoms with Crippen LogP contribution in [-0.2, 0) is 0 Å². The van der Waals surface area contributed by atoms with E-state index in [1.807, 2.05) is 0 Å². The molecular formula is C12H16B. The Labute approximate surface area is 81.6 Å². The van der Waals surface area contributed by atoms with Gasteiger partial charge in [-0.3, -0.25) is 0 Å². The van der Waals surface area contributed by atoms with Crippen molar-refractivity contribution in [2.45, 2.75) is 38.4 Å². The van der Waals surface area contributed by atoms with E-state index in [1.165, 1.54) is 31.1 Å². The monoisotopic (exact) mass is 171 g/mol. The molecule has 67 valence electrons. The van der Waals surface area contributed by atoms with Crippen molar-refractivity contribution in [1.29, 1.82) is 0 Å². The van der Waals surface area contributed by atoms with Gasteiger partial charge in [0, 0.05) is 0 Å². The number of rotatable bonds is 2. The van der Waals surface area contributed by atoms with Gasteiger partial charge >= 0.3 is 0 Å². The molecule has 0 atom stereocenters. The number of hydrogen-bond donors (Lipinski definition) is 0. The Balaban J connectivity index is 2.12. The average molecular weight is 171 g/mol. The normalized spacial score (nSPS) is 17.6. The number of benzene rings is 1. The molecule has 0 amide bonds. The van der Waals surface area contributed by atoms with Crippen molar-refractivity contribution in [2.24, 2.45) is 0 Å². The molecule has 0 spiro atoms. The first-order valence-electron chi connectivity index (χ1n) is 5.29. The Kier molecular flexibility index (Phi) is 2.72. The van der Waals surface area contributed by atoms with Gasteiger partial charge in [0.2, 0.25) is 0 Å². The third-order valence-electron chi connectivity index (χ3n) is 3.10. The molecule has 1 aliphatic rings. The first-order chi connectivity index (χ1) is 6.40. The molecule has 0 N–H and O–H groups in total. The van der Waals surface area contributed by atoms with Crippen LogP contribution in [0, 0.1) is 0 Å². The van der Waals surface area contributed by atoms with Crippen LogP contribution in [0.2, 0.25) is 6.82 Å². The Morgan fingerprint density at radius 2 is 1.69 bits per heavy atom. The van der Waals surface area contributed by atoms with Crippen LogP contribution in [0.3, 0.4) is 0 Å². The fourth-order valence-electron chi connectivity index (χ4n) is 2.22. The van der Waals surface area contributed by atoms with Gasteiger partial charge in [-0.15, -0.1) is 0 Å². The van der Waals surface area contributed by atoms with E-state index < -0.39 is 0 Å². The van der Waals surface area contributed by atoms with E-state index in [0.717, 1.165) is 5.92 Å². The molecule has 2 rings (SSSR count). The zero-order valence-electron chi connectivity index (χ0n) is 8.29. The second-order valence-corrected chi connectivity index (χ2v) is 3.94. The Morgan fingerprint density at radius 1 is 1.08 bits per heavy atom. The van der Waals surface area contributed by atoms with Crippen molar-refractivity contribution in [2.75, 3.05) is 0 Å². The van der Waals surface area contributed by atoms with Crippen LogP contribution in [0.1, 0.15) is 37.2 Å². The SMILES string of the molecule is C[B]c1ccc(C2CCCC2)cc1. The lowest BCUT2D eigenvalue weighted by molar-refractivity contribution is 0.723. The summed E-state index contributed by atoms with van der Waals surface area (Å²) in [6, 6.07) is 9.05. The van der Waals surface area contributed by atoms with Crippen LogP contribution in [0.15, 0.2) is 24.3 Å². The largest absolute Gasteiger partial charge is 0.148 e. The second kappa shape index (κ2) is 4.00. The third kappa shape index (κ3) is 1.96. The summed E-state index contributed by atoms with van der Waals surface area (Å²) in [7, 11) is 2.15. The molecule has 0 aliphatic heterocycles. The van der Waals surface area contributed by atoms with Gasteiger partial charge < -0.3 is 0 Å². The topological polar surface area (TPSA) is 0 Å². The fraction of sp³-hybridized carbons (Fsp3) is 0.500. The quantitative estimate of drug-likeness (QED) is 0.600. The fourth-order valence-corrected chi connectivity index (χ4v) is 2.22. The molecule has 0 saturated heterocycles. The van der Waals surface area contributed by atoms with Crippen molar-refractivity contribution in [3.63, 3.8) is 0 Å². The van der Waals surface area contributed by atoms with Gasteiger partial charge in [0.25, 0.3) is 0 Å². The summed E-state index contributed by atoms with van der Waals surface area (Å²) in [5.41, 5.74) is 2.88. The van der Waals surface area contributed by atoms with Crippen LogP contribution in [-0.4, -0.2) is 7.28 Å². The summed E-state index contributed by atoms with van der Waals surface area (Å²) in [5, 5.41) is 0. The van der Waals surface area contributed by atoms with Crippen LogP contribution >= 0.6 is 0 Å². The standard InChI is InChI=1S/C12H16B/c1-13-12-8-6-11(7-9-12)10-4-2-3-5-10/h6-10H,2-5H2,1H3. The zero-order chi connectivity index (χ0) is 9.10. The first kappa shape index (κ1) is 8.86. The minimum atomic E-state index is 0.853. The van der Waals surface area contributed by atoms with Crippen molar-refractivity contribution in [3.05, 3.63) is 29.8 Å². The van der Waals surface area contributed by atoms with E-state index in [1.54, 1.807) is 5.56 Å². The summed E-state index contributed by atoms with van der Waals surface area (Å²) >= 11 is 0. The molecule has 0 heterocycles. The van der Waals surface area contributed by atoms with E-state index in [0.29, 0.717) is 0 Å². The van der Waals surface area contributed by atoms with E-state index >= 15 is 0 Å². The van der Waals surface area contributed by atoms with Crippen molar-refractivity contribution in [3.8, 4) is 0 Å². The van der Waals surface area contributed by atoms with E-state index in [-0.39, 0.29) is 0 Å². The highest BCUT2D eigenvalue weighted by molar-refractivity contribution is 6.51. The van der Waals surface area contributed by atoms with Gasteiger partial charge in [0.15, 0.2) is 0 Å². The summed E-state index contributed by atoms with van der Waals surface area (Å²) in [4.78, 5) is 0. The van der Waals surface area contributed by atoms with Crippen molar-refractivity contribution in [1.82, 2.24) is 0 Å². The van der Waals surface area contributed by atoms with Gasteiger partial charge in [-0.1, -0.05) is 49.4 Å². The zero-order valence-corrected chi connectivity index (χ0v) is 8.29. The van der Waals surface area contributed by atoms with E-state index in [2.05, 4.69) is 38.4 Å². The Morgan fingerprint density at radius 3 is 2.23 bits per heavy atom. The molecule has 1 aromatic carbocycles. The number of hydrogen-bond acceptors (Lipinski definition) is 0. The molecule has 1 aliphatic carbocycles. The van der Waals surface area contributed by atoms with Gasteiger partial charge in [-0.25, -0.2) is 0 Å². The maximum Gasteiger partial charge on any atom is 0.148 e. The lowest BCUT2D eigenvalue weighted by Gasteiger charge is -2.09. The minimum absolute atomic E-state index is 0.853. The molecule has 1 radical (unpaired) electrons. The van der Waals surface area contributed by atoms with Crippen LogP contribution in [0.5, 0.6) is 0 Å². The average Bonchev–Trinajstić information content (AvgIpc) is 2.71. The van der Waals surface area contributed by atoms with Gasteiger partial charge in [0.05, 0.1) is 0 Å². The van der Waals surface area contributed by atoms with Crippen LogP contribution in [0.4, 0.5) is 0 Å².